The molecule has 0 aliphatic rings. The second kappa shape index (κ2) is 8.43. The van der Waals surface area contributed by atoms with Crippen molar-refractivity contribution in [2.45, 2.75) is 46.2 Å². The van der Waals surface area contributed by atoms with Gasteiger partial charge in [0.15, 0.2) is 0 Å². The topological polar surface area (TPSA) is 45.5 Å². The molecule has 0 fully saturated rings. The van der Waals surface area contributed by atoms with Gasteiger partial charge in [-0.05, 0) is 27.7 Å². The molecule has 0 N–H and O–H groups in total. The van der Waals surface area contributed by atoms with Gasteiger partial charge < -0.3 is 4.52 Å². The maximum Gasteiger partial charge on any atom is 0.271 e. The lowest BCUT2D eigenvalue weighted by atomic mass is 10.3. The van der Waals surface area contributed by atoms with Crippen molar-refractivity contribution in [1.82, 2.24) is 4.67 Å². The van der Waals surface area contributed by atoms with Gasteiger partial charge in [0, 0.05) is 12.1 Å². The van der Waals surface area contributed by atoms with Crippen molar-refractivity contribution in [3.63, 3.8) is 0 Å². The van der Waals surface area contributed by atoms with Gasteiger partial charge in [0.05, 0.1) is 19.1 Å². The standard InChI is InChI=1S/C9H18BrN2O2P/c1-8(2)12(9(3)4)15(14-10)13-7-5-6-11/h8-9H,5,7H2,1-4H3. The lowest BCUT2D eigenvalue weighted by Crippen LogP contribution is -2.33. The molecule has 0 aromatic heterocycles. The monoisotopic (exact) mass is 296 g/mol. The van der Waals surface area contributed by atoms with Crippen LogP contribution in [-0.2, 0) is 8.14 Å². The van der Waals surface area contributed by atoms with Crippen LogP contribution in [-0.4, -0.2) is 23.4 Å². The minimum Gasteiger partial charge on any atom is -0.320 e. The van der Waals surface area contributed by atoms with Gasteiger partial charge >= 0.3 is 0 Å². The minimum atomic E-state index is -1.11. The number of hydrogen-bond acceptors (Lipinski definition) is 4. The van der Waals surface area contributed by atoms with Crippen molar-refractivity contribution in [2.75, 3.05) is 6.61 Å². The normalized spacial score (nSPS) is 13.5. The van der Waals surface area contributed by atoms with Crippen molar-refractivity contribution in [3.8, 4) is 6.07 Å². The highest BCUT2D eigenvalue weighted by Gasteiger charge is 2.26. The molecule has 0 aromatic rings. The summed E-state index contributed by atoms with van der Waals surface area (Å²) in [6, 6.07) is 2.73. The molecule has 0 spiro atoms. The number of nitriles is 1. The quantitative estimate of drug-likeness (QED) is 0.532. The van der Waals surface area contributed by atoms with E-state index in [-0.39, 0.29) is 0 Å². The van der Waals surface area contributed by atoms with Gasteiger partial charge in [-0.25, -0.2) is 8.29 Å². The molecule has 1 unspecified atom stereocenters. The Morgan fingerprint density at radius 2 is 1.87 bits per heavy atom. The van der Waals surface area contributed by atoms with Gasteiger partial charge in [0.2, 0.25) is 0 Å². The summed E-state index contributed by atoms with van der Waals surface area (Å²) in [6.07, 6.45) is 0.388. The summed E-state index contributed by atoms with van der Waals surface area (Å²) in [4.78, 5) is 0. The lowest BCUT2D eigenvalue weighted by molar-refractivity contribution is 0.228. The second-order valence-corrected chi connectivity index (χ2v) is 5.82. The first-order valence-electron chi connectivity index (χ1n) is 4.91. The predicted octanol–water partition coefficient (Wildman–Crippen LogP) is 3.59. The molecular weight excluding hydrogens is 279 g/mol. The summed E-state index contributed by atoms with van der Waals surface area (Å²) < 4.78 is 12.8. The Balaban J connectivity index is 4.27. The van der Waals surface area contributed by atoms with Crippen LogP contribution in [0.4, 0.5) is 0 Å². The molecule has 88 valence electrons. The van der Waals surface area contributed by atoms with Crippen LogP contribution in [0, 0.1) is 11.3 Å². The zero-order chi connectivity index (χ0) is 11.8. The molecule has 4 nitrogen and oxygen atoms in total. The van der Waals surface area contributed by atoms with Crippen LogP contribution >= 0.6 is 24.8 Å². The van der Waals surface area contributed by atoms with E-state index in [9.17, 15) is 0 Å². The SMILES string of the molecule is CC(C)N(C(C)C)P(OBr)OCCC#N. The summed E-state index contributed by atoms with van der Waals surface area (Å²) in [5, 5.41) is 8.42. The molecule has 0 saturated carbocycles. The smallest absolute Gasteiger partial charge is 0.271 e. The number of rotatable bonds is 7. The highest BCUT2D eigenvalue weighted by atomic mass is 79.9. The fraction of sp³-hybridized carbons (Fsp3) is 0.889. The molecule has 0 heterocycles. The third-order valence-corrected chi connectivity index (χ3v) is 4.29. The van der Waals surface area contributed by atoms with Gasteiger partial charge in [0.25, 0.3) is 8.53 Å². The average molecular weight is 297 g/mol. The van der Waals surface area contributed by atoms with Crippen molar-refractivity contribution in [2.24, 2.45) is 0 Å². The molecule has 0 saturated heterocycles. The Morgan fingerprint density at radius 3 is 2.20 bits per heavy atom. The van der Waals surface area contributed by atoms with Crippen LogP contribution in [0.3, 0.4) is 0 Å². The third-order valence-electron chi connectivity index (χ3n) is 1.72. The van der Waals surface area contributed by atoms with E-state index in [0.717, 1.165) is 0 Å². The molecular formula is C9H18BrN2O2P. The Labute approximate surface area is 102 Å². The lowest BCUT2D eigenvalue weighted by Gasteiger charge is -2.33. The predicted molar refractivity (Wildman–Crippen MR) is 65.2 cm³/mol. The van der Waals surface area contributed by atoms with E-state index in [4.69, 9.17) is 13.4 Å². The van der Waals surface area contributed by atoms with Gasteiger partial charge in [0.1, 0.15) is 16.3 Å². The van der Waals surface area contributed by atoms with Gasteiger partial charge in [-0.1, -0.05) is 0 Å². The summed E-state index contributed by atoms with van der Waals surface area (Å²) in [5.41, 5.74) is 0. The Bertz CT molecular complexity index is 201. The number of halogens is 1. The van der Waals surface area contributed by atoms with E-state index >= 15 is 0 Å². The van der Waals surface area contributed by atoms with E-state index in [0.29, 0.717) is 25.1 Å². The van der Waals surface area contributed by atoms with Crippen LogP contribution in [0.25, 0.3) is 0 Å². The Kier molecular flexibility index (Phi) is 8.59. The van der Waals surface area contributed by atoms with Crippen molar-refractivity contribution >= 4 is 24.8 Å². The average Bonchev–Trinajstić information content (AvgIpc) is 2.15. The van der Waals surface area contributed by atoms with Crippen LogP contribution in [0.1, 0.15) is 34.1 Å². The van der Waals surface area contributed by atoms with E-state index in [2.05, 4.69) is 48.6 Å². The summed E-state index contributed by atoms with van der Waals surface area (Å²) in [7, 11) is -1.11. The maximum absolute atomic E-state index is 8.42. The first-order chi connectivity index (χ1) is 7.04. The largest absolute Gasteiger partial charge is 0.320 e. The van der Waals surface area contributed by atoms with E-state index in [1.54, 1.807) is 0 Å². The molecule has 0 bridgehead atoms. The highest BCUT2D eigenvalue weighted by Crippen LogP contribution is 2.47. The summed E-state index contributed by atoms with van der Waals surface area (Å²) in [6.45, 7) is 8.78. The zero-order valence-electron chi connectivity index (χ0n) is 9.61. The third kappa shape index (κ3) is 5.79. The minimum absolute atomic E-state index is 0.343. The molecule has 0 radical (unpaired) electrons. The second-order valence-electron chi connectivity index (χ2n) is 3.62. The van der Waals surface area contributed by atoms with Gasteiger partial charge in [-0.3, -0.25) is 0 Å². The van der Waals surface area contributed by atoms with Crippen LogP contribution in [0.15, 0.2) is 0 Å². The fourth-order valence-corrected chi connectivity index (χ4v) is 3.21. The molecule has 0 rings (SSSR count). The van der Waals surface area contributed by atoms with Crippen molar-refractivity contribution < 1.29 is 8.14 Å². The first-order valence-corrected chi connectivity index (χ1v) is 6.69. The number of hydrogen-bond donors (Lipinski definition) is 0. The number of nitrogens with zero attached hydrogens (tertiary/aromatic N) is 2. The van der Waals surface area contributed by atoms with E-state index in [1.807, 2.05) is 6.07 Å². The maximum atomic E-state index is 8.42. The Hall–Kier alpha value is 0.280. The molecule has 0 amide bonds. The van der Waals surface area contributed by atoms with Gasteiger partial charge in [-0.2, -0.15) is 5.26 Å². The van der Waals surface area contributed by atoms with Crippen LogP contribution in [0.2, 0.25) is 0 Å². The summed E-state index contributed by atoms with van der Waals surface area (Å²) in [5.74, 6) is 0. The highest BCUT2D eigenvalue weighted by molar-refractivity contribution is 9.06. The van der Waals surface area contributed by atoms with Gasteiger partial charge in [-0.15, -0.1) is 0 Å². The van der Waals surface area contributed by atoms with Crippen LogP contribution < -0.4 is 0 Å². The Morgan fingerprint density at radius 1 is 1.33 bits per heavy atom. The molecule has 6 heteroatoms. The van der Waals surface area contributed by atoms with Crippen molar-refractivity contribution in [1.29, 1.82) is 5.26 Å². The van der Waals surface area contributed by atoms with E-state index in [1.165, 1.54) is 0 Å². The molecule has 0 aliphatic heterocycles. The molecule has 15 heavy (non-hydrogen) atoms. The first kappa shape index (κ1) is 15.3. The molecule has 0 aromatic carbocycles. The van der Waals surface area contributed by atoms with Crippen LogP contribution in [0.5, 0.6) is 0 Å². The van der Waals surface area contributed by atoms with Crippen molar-refractivity contribution in [3.05, 3.63) is 0 Å². The summed E-state index contributed by atoms with van der Waals surface area (Å²) >= 11 is 2.98. The molecule has 0 aliphatic carbocycles. The zero-order valence-corrected chi connectivity index (χ0v) is 12.1. The molecule has 1 atom stereocenters. The fourth-order valence-electron chi connectivity index (χ4n) is 1.27. The van der Waals surface area contributed by atoms with E-state index < -0.39 is 8.53 Å².